The van der Waals surface area contributed by atoms with Gasteiger partial charge in [-0.15, -0.1) is 11.3 Å². The Bertz CT molecular complexity index is 496. The number of hydrogen-bond acceptors (Lipinski definition) is 3. The van der Waals surface area contributed by atoms with Crippen LogP contribution in [0.4, 0.5) is 5.13 Å². The lowest BCUT2D eigenvalue weighted by Crippen LogP contribution is -1.99. The van der Waals surface area contributed by atoms with Crippen molar-refractivity contribution in [3.63, 3.8) is 0 Å². The maximum absolute atomic E-state index is 6.08. The maximum Gasteiger partial charge on any atom is 0.183 e. The molecule has 0 aliphatic rings. The second kappa shape index (κ2) is 5.04. The van der Waals surface area contributed by atoms with Crippen LogP contribution in [0.2, 0.25) is 10.0 Å². The van der Waals surface area contributed by atoms with Crippen molar-refractivity contribution in [2.24, 2.45) is 0 Å². The molecule has 0 amide bonds. The summed E-state index contributed by atoms with van der Waals surface area (Å²) in [6.07, 6.45) is 1.84. The van der Waals surface area contributed by atoms with Gasteiger partial charge in [0.05, 0.1) is 10.0 Å². The molecule has 2 aromatic rings. The molecule has 1 heterocycles. The summed E-state index contributed by atoms with van der Waals surface area (Å²) in [6.45, 7) is 2.65. The predicted octanol–water partition coefficient (Wildman–Crippen LogP) is 4.37. The monoisotopic (exact) mass is 272 g/mol. The fourth-order valence-corrected chi connectivity index (χ4v) is 2.34. The Balaban J connectivity index is 2.07. The van der Waals surface area contributed by atoms with Crippen LogP contribution in [0.5, 0.6) is 0 Å². The van der Waals surface area contributed by atoms with E-state index in [0.29, 0.717) is 16.6 Å². The topological polar surface area (TPSA) is 24.9 Å². The number of rotatable bonds is 3. The van der Waals surface area contributed by atoms with Gasteiger partial charge in [-0.05, 0) is 18.6 Å². The summed E-state index contributed by atoms with van der Waals surface area (Å²) >= 11 is 13.6. The highest BCUT2D eigenvalue weighted by atomic mass is 35.5. The van der Waals surface area contributed by atoms with Crippen molar-refractivity contribution in [2.75, 3.05) is 5.32 Å². The van der Waals surface area contributed by atoms with Crippen molar-refractivity contribution in [1.82, 2.24) is 4.98 Å². The highest BCUT2D eigenvalue weighted by Crippen LogP contribution is 2.26. The summed E-state index contributed by atoms with van der Waals surface area (Å²) in [5, 5.41) is 5.29. The summed E-state index contributed by atoms with van der Waals surface area (Å²) < 4.78 is 0. The van der Waals surface area contributed by atoms with Gasteiger partial charge in [0.15, 0.2) is 5.13 Å². The number of thiazole rings is 1. The van der Waals surface area contributed by atoms with Crippen molar-refractivity contribution in [3.05, 3.63) is 44.9 Å². The zero-order chi connectivity index (χ0) is 11.5. The lowest BCUT2D eigenvalue weighted by molar-refractivity contribution is 1.13. The zero-order valence-corrected chi connectivity index (χ0v) is 11.0. The number of halogens is 2. The molecule has 84 valence electrons. The van der Waals surface area contributed by atoms with Crippen LogP contribution in [-0.2, 0) is 6.54 Å². The lowest BCUT2D eigenvalue weighted by atomic mass is 10.2. The van der Waals surface area contributed by atoms with Crippen LogP contribution >= 0.6 is 34.5 Å². The maximum atomic E-state index is 6.08. The van der Waals surface area contributed by atoms with Gasteiger partial charge >= 0.3 is 0 Å². The quantitative estimate of drug-likeness (QED) is 0.898. The van der Waals surface area contributed by atoms with E-state index in [1.807, 2.05) is 25.3 Å². The Kier molecular flexibility index (Phi) is 3.69. The fourth-order valence-electron chi connectivity index (χ4n) is 1.29. The summed E-state index contributed by atoms with van der Waals surface area (Å²) in [5.74, 6) is 0. The first-order chi connectivity index (χ1) is 7.66. The molecule has 0 bridgehead atoms. The summed E-state index contributed by atoms with van der Waals surface area (Å²) in [5.41, 5.74) is 0.974. The molecular formula is C11H10Cl2N2S. The minimum atomic E-state index is 0.580. The minimum Gasteiger partial charge on any atom is -0.357 e. The molecule has 0 saturated heterocycles. The second-order valence-corrected chi connectivity index (χ2v) is 5.36. The van der Waals surface area contributed by atoms with Crippen molar-refractivity contribution in [2.45, 2.75) is 13.5 Å². The third-order valence-electron chi connectivity index (χ3n) is 2.08. The van der Waals surface area contributed by atoms with Crippen LogP contribution in [0.15, 0.2) is 24.4 Å². The number of anilines is 1. The fraction of sp³-hybridized carbons (Fsp3) is 0.182. The minimum absolute atomic E-state index is 0.580. The van der Waals surface area contributed by atoms with Gasteiger partial charge in [0.25, 0.3) is 0 Å². The zero-order valence-electron chi connectivity index (χ0n) is 8.63. The van der Waals surface area contributed by atoms with Gasteiger partial charge in [-0.3, -0.25) is 0 Å². The molecule has 1 N–H and O–H groups in total. The van der Waals surface area contributed by atoms with E-state index < -0.39 is 0 Å². The van der Waals surface area contributed by atoms with E-state index in [4.69, 9.17) is 23.2 Å². The molecular weight excluding hydrogens is 263 g/mol. The number of benzene rings is 1. The molecule has 0 radical (unpaired) electrons. The molecule has 2 nitrogen and oxygen atoms in total. The van der Waals surface area contributed by atoms with Gasteiger partial charge in [0.1, 0.15) is 0 Å². The van der Waals surface area contributed by atoms with Crippen molar-refractivity contribution in [3.8, 4) is 0 Å². The first-order valence-electron chi connectivity index (χ1n) is 4.76. The predicted molar refractivity (Wildman–Crippen MR) is 70.6 cm³/mol. The summed E-state index contributed by atoms with van der Waals surface area (Å²) in [7, 11) is 0. The van der Waals surface area contributed by atoms with Crippen LogP contribution in [0.1, 0.15) is 10.4 Å². The van der Waals surface area contributed by atoms with Gasteiger partial charge in [0, 0.05) is 17.6 Å². The van der Waals surface area contributed by atoms with Gasteiger partial charge in [-0.1, -0.05) is 35.3 Å². The largest absolute Gasteiger partial charge is 0.357 e. The normalized spacial score (nSPS) is 10.4. The standard InChI is InChI=1S/C11H10Cl2N2S/c1-7-5-14-11(16-7)15-6-8-3-2-4-9(12)10(8)13/h2-5H,6H2,1H3,(H,14,15). The van der Waals surface area contributed by atoms with Crippen LogP contribution in [0.25, 0.3) is 0 Å². The Labute approximate surface area is 108 Å². The van der Waals surface area contributed by atoms with Crippen molar-refractivity contribution >= 4 is 39.7 Å². The molecule has 1 aromatic heterocycles. The van der Waals surface area contributed by atoms with E-state index in [1.165, 1.54) is 4.88 Å². The summed E-state index contributed by atoms with van der Waals surface area (Å²) in [6, 6.07) is 5.61. The molecule has 5 heteroatoms. The number of aromatic nitrogens is 1. The van der Waals surface area contributed by atoms with E-state index in [0.717, 1.165) is 10.7 Å². The average molecular weight is 273 g/mol. The van der Waals surface area contributed by atoms with E-state index in [-0.39, 0.29) is 0 Å². The second-order valence-electron chi connectivity index (χ2n) is 3.34. The Morgan fingerprint density at radius 3 is 2.88 bits per heavy atom. The van der Waals surface area contributed by atoms with Crippen LogP contribution in [0.3, 0.4) is 0 Å². The molecule has 2 rings (SSSR count). The van der Waals surface area contributed by atoms with Crippen LogP contribution < -0.4 is 5.32 Å². The molecule has 0 fully saturated rings. The Morgan fingerprint density at radius 1 is 1.38 bits per heavy atom. The van der Waals surface area contributed by atoms with Gasteiger partial charge in [-0.2, -0.15) is 0 Å². The van der Waals surface area contributed by atoms with Crippen LogP contribution in [-0.4, -0.2) is 4.98 Å². The molecule has 0 unspecified atom stereocenters. The van der Waals surface area contributed by atoms with E-state index in [1.54, 1.807) is 17.4 Å². The molecule has 0 aliphatic heterocycles. The first-order valence-corrected chi connectivity index (χ1v) is 6.33. The van der Waals surface area contributed by atoms with E-state index in [9.17, 15) is 0 Å². The van der Waals surface area contributed by atoms with E-state index >= 15 is 0 Å². The molecule has 0 aliphatic carbocycles. The number of aryl methyl sites for hydroxylation is 1. The van der Waals surface area contributed by atoms with Gasteiger partial charge in [0.2, 0.25) is 0 Å². The van der Waals surface area contributed by atoms with Gasteiger partial charge < -0.3 is 5.32 Å². The third kappa shape index (κ3) is 2.67. The molecule has 0 atom stereocenters. The Hall–Kier alpha value is -0.770. The highest BCUT2D eigenvalue weighted by molar-refractivity contribution is 7.15. The molecule has 16 heavy (non-hydrogen) atoms. The average Bonchev–Trinajstić information content (AvgIpc) is 2.67. The Morgan fingerprint density at radius 2 is 2.19 bits per heavy atom. The van der Waals surface area contributed by atoms with Gasteiger partial charge in [-0.25, -0.2) is 4.98 Å². The number of hydrogen-bond donors (Lipinski definition) is 1. The highest BCUT2D eigenvalue weighted by Gasteiger charge is 2.04. The third-order valence-corrected chi connectivity index (χ3v) is 3.81. The number of nitrogens with one attached hydrogen (secondary N) is 1. The smallest absolute Gasteiger partial charge is 0.183 e. The molecule has 1 aromatic carbocycles. The molecule has 0 spiro atoms. The SMILES string of the molecule is Cc1cnc(NCc2cccc(Cl)c2Cl)s1. The van der Waals surface area contributed by atoms with Crippen molar-refractivity contribution in [1.29, 1.82) is 0 Å². The first kappa shape index (κ1) is 11.7. The van der Waals surface area contributed by atoms with Crippen LogP contribution in [0, 0.1) is 6.92 Å². The summed E-state index contributed by atoms with van der Waals surface area (Å²) in [4.78, 5) is 5.39. The lowest BCUT2D eigenvalue weighted by Gasteiger charge is -2.06. The number of nitrogens with zero attached hydrogens (tertiary/aromatic N) is 1. The van der Waals surface area contributed by atoms with E-state index in [2.05, 4.69) is 10.3 Å². The molecule has 0 saturated carbocycles. The van der Waals surface area contributed by atoms with Crippen molar-refractivity contribution < 1.29 is 0 Å².